The molecule has 1 aliphatic rings. The van der Waals surface area contributed by atoms with Gasteiger partial charge in [0.05, 0.1) is 0 Å². The van der Waals surface area contributed by atoms with Crippen LogP contribution in [0.1, 0.15) is 40.0 Å². The largest absolute Gasteiger partial charge is 0.350 e. The van der Waals surface area contributed by atoms with Gasteiger partial charge < -0.3 is 10.1 Å². The van der Waals surface area contributed by atoms with Crippen LogP contribution in [-0.2, 0) is 9.57 Å². The Kier molecular flexibility index (Phi) is 6.68. The lowest BCUT2D eigenvalue weighted by Gasteiger charge is -2.22. The molecule has 6 nitrogen and oxygen atoms in total. The summed E-state index contributed by atoms with van der Waals surface area (Å²) in [5, 5.41) is 3.48. The van der Waals surface area contributed by atoms with Crippen LogP contribution in [0.5, 0.6) is 0 Å². The first-order chi connectivity index (χ1) is 13.0. The van der Waals surface area contributed by atoms with Gasteiger partial charge in [-0.3, -0.25) is 9.59 Å². The maximum absolute atomic E-state index is 12.3. The zero-order chi connectivity index (χ0) is 19.2. The number of benzene rings is 2. The van der Waals surface area contributed by atoms with E-state index >= 15 is 0 Å². The highest BCUT2D eigenvalue weighted by Gasteiger charge is 2.16. The van der Waals surface area contributed by atoms with E-state index in [1.165, 1.54) is 12.1 Å². The van der Waals surface area contributed by atoms with E-state index in [9.17, 15) is 9.59 Å². The van der Waals surface area contributed by atoms with Gasteiger partial charge in [0.2, 0.25) is 0 Å². The Labute approximate surface area is 166 Å². The van der Waals surface area contributed by atoms with Crippen LogP contribution in [0.3, 0.4) is 0 Å². The van der Waals surface area contributed by atoms with Crippen LogP contribution in [0.4, 0.5) is 5.69 Å². The molecule has 142 valence electrons. The van der Waals surface area contributed by atoms with Gasteiger partial charge in [0, 0.05) is 39.9 Å². The summed E-state index contributed by atoms with van der Waals surface area (Å²) in [7, 11) is 0. The number of ether oxygens (including phenoxy) is 1. The third-order valence-electron chi connectivity index (χ3n) is 3.95. The topological polar surface area (TPSA) is 76.7 Å². The van der Waals surface area contributed by atoms with Crippen molar-refractivity contribution in [2.24, 2.45) is 0 Å². The van der Waals surface area contributed by atoms with Crippen molar-refractivity contribution >= 4 is 40.7 Å². The number of halogens is 2. The van der Waals surface area contributed by atoms with E-state index in [4.69, 9.17) is 32.8 Å². The minimum absolute atomic E-state index is 0.343. The lowest BCUT2D eigenvalue weighted by molar-refractivity contribution is -0.186. The Morgan fingerprint density at radius 2 is 1.67 bits per heavy atom. The second-order valence-corrected chi connectivity index (χ2v) is 6.91. The molecule has 0 spiro atoms. The number of amides is 2. The van der Waals surface area contributed by atoms with Crippen LogP contribution >= 0.6 is 23.2 Å². The molecule has 2 aromatic carbocycles. The molecule has 1 fully saturated rings. The standard InChI is InChI=1S/C19H18Cl2N2O4/c20-14-9-13(10-15(21)11-14)18(24)22-16-6-4-12(5-7-16)19(25)23-27-17-3-1-2-8-26-17/h4-7,9-11,17H,1-3,8H2,(H,22,24)(H,23,25). The van der Waals surface area contributed by atoms with Gasteiger partial charge >= 0.3 is 0 Å². The number of rotatable bonds is 5. The number of hydroxylamine groups is 1. The molecule has 0 aliphatic carbocycles. The lowest BCUT2D eigenvalue weighted by atomic mass is 10.1. The summed E-state index contributed by atoms with van der Waals surface area (Å²) in [6.07, 6.45) is 2.35. The Balaban J connectivity index is 1.56. The fraction of sp³-hybridized carbons (Fsp3) is 0.263. The van der Waals surface area contributed by atoms with Gasteiger partial charge in [0.15, 0.2) is 6.29 Å². The number of nitrogens with one attached hydrogen (secondary N) is 2. The van der Waals surface area contributed by atoms with Crippen molar-refractivity contribution in [1.29, 1.82) is 0 Å². The first-order valence-electron chi connectivity index (χ1n) is 8.46. The van der Waals surface area contributed by atoms with Crippen LogP contribution in [0.2, 0.25) is 10.0 Å². The summed E-state index contributed by atoms with van der Waals surface area (Å²) in [6, 6.07) is 11.0. The predicted octanol–water partition coefficient (Wildman–Crippen LogP) is 4.43. The molecular formula is C19H18Cl2N2O4. The van der Waals surface area contributed by atoms with Crippen molar-refractivity contribution < 1.29 is 19.2 Å². The summed E-state index contributed by atoms with van der Waals surface area (Å²) >= 11 is 11.8. The highest BCUT2D eigenvalue weighted by Crippen LogP contribution is 2.20. The molecule has 3 rings (SSSR count). The maximum atomic E-state index is 12.3. The molecule has 2 N–H and O–H groups in total. The van der Waals surface area contributed by atoms with E-state index < -0.39 is 6.29 Å². The molecule has 1 heterocycles. The van der Waals surface area contributed by atoms with Crippen molar-refractivity contribution in [1.82, 2.24) is 5.48 Å². The predicted molar refractivity (Wildman–Crippen MR) is 103 cm³/mol. The molecule has 8 heteroatoms. The van der Waals surface area contributed by atoms with Crippen LogP contribution in [0.25, 0.3) is 0 Å². The SMILES string of the molecule is O=C(NOC1CCCCO1)c1ccc(NC(=O)c2cc(Cl)cc(Cl)c2)cc1. The quantitative estimate of drug-likeness (QED) is 0.717. The van der Waals surface area contributed by atoms with Gasteiger partial charge in [-0.15, -0.1) is 0 Å². The molecule has 1 aliphatic heterocycles. The maximum Gasteiger partial charge on any atom is 0.274 e. The highest BCUT2D eigenvalue weighted by atomic mass is 35.5. The second-order valence-electron chi connectivity index (χ2n) is 6.03. The van der Waals surface area contributed by atoms with Gasteiger partial charge in [-0.1, -0.05) is 23.2 Å². The van der Waals surface area contributed by atoms with E-state index in [1.807, 2.05) is 0 Å². The van der Waals surface area contributed by atoms with E-state index in [-0.39, 0.29) is 11.8 Å². The smallest absolute Gasteiger partial charge is 0.274 e. The first kappa shape index (κ1) is 19.6. The highest BCUT2D eigenvalue weighted by molar-refractivity contribution is 6.35. The molecule has 1 atom stereocenters. The van der Waals surface area contributed by atoms with Crippen molar-refractivity contribution in [2.75, 3.05) is 11.9 Å². The Morgan fingerprint density at radius 3 is 2.30 bits per heavy atom. The van der Waals surface area contributed by atoms with Crippen molar-refractivity contribution in [3.05, 3.63) is 63.6 Å². The molecule has 0 saturated carbocycles. The van der Waals surface area contributed by atoms with Crippen molar-refractivity contribution in [3.8, 4) is 0 Å². The average molecular weight is 409 g/mol. The van der Waals surface area contributed by atoms with E-state index in [0.717, 1.165) is 19.3 Å². The Bertz CT molecular complexity index is 801. The third-order valence-corrected chi connectivity index (χ3v) is 4.39. The number of hydrogen-bond acceptors (Lipinski definition) is 4. The van der Waals surface area contributed by atoms with E-state index in [1.54, 1.807) is 30.3 Å². The third kappa shape index (κ3) is 5.68. The Morgan fingerprint density at radius 1 is 0.963 bits per heavy atom. The van der Waals surface area contributed by atoms with Gasteiger partial charge in [-0.25, -0.2) is 10.3 Å². The normalized spacial score (nSPS) is 16.6. The molecule has 0 bridgehead atoms. The summed E-state index contributed by atoms with van der Waals surface area (Å²) in [5.41, 5.74) is 3.66. The van der Waals surface area contributed by atoms with Crippen molar-refractivity contribution in [3.63, 3.8) is 0 Å². The van der Waals surface area contributed by atoms with Gasteiger partial charge in [0.25, 0.3) is 11.8 Å². The summed E-state index contributed by atoms with van der Waals surface area (Å²) in [5.74, 6) is -0.738. The van der Waals surface area contributed by atoms with E-state index in [0.29, 0.717) is 33.5 Å². The fourth-order valence-corrected chi connectivity index (χ4v) is 3.10. The summed E-state index contributed by atoms with van der Waals surface area (Å²) in [6.45, 7) is 0.632. The molecule has 1 saturated heterocycles. The van der Waals surface area contributed by atoms with Gasteiger partial charge in [0.1, 0.15) is 0 Å². The van der Waals surface area contributed by atoms with Gasteiger partial charge in [-0.2, -0.15) is 0 Å². The molecule has 2 amide bonds. The molecular weight excluding hydrogens is 391 g/mol. The minimum Gasteiger partial charge on any atom is -0.350 e. The number of anilines is 1. The number of carbonyl (C=O) groups is 2. The van der Waals surface area contributed by atoms with Crippen molar-refractivity contribution in [2.45, 2.75) is 25.6 Å². The average Bonchev–Trinajstić information content (AvgIpc) is 2.66. The molecule has 27 heavy (non-hydrogen) atoms. The monoisotopic (exact) mass is 408 g/mol. The summed E-state index contributed by atoms with van der Waals surface area (Å²) < 4.78 is 5.38. The molecule has 2 aromatic rings. The molecule has 0 radical (unpaired) electrons. The van der Waals surface area contributed by atoms with Gasteiger partial charge in [-0.05, 0) is 55.3 Å². The summed E-state index contributed by atoms with van der Waals surface area (Å²) in [4.78, 5) is 29.6. The van der Waals surface area contributed by atoms with Crippen LogP contribution < -0.4 is 10.8 Å². The first-order valence-corrected chi connectivity index (χ1v) is 9.22. The number of carbonyl (C=O) groups excluding carboxylic acids is 2. The van der Waals surface area contributed by atoms with E-state index in [2.05, 4.69) is 10.8 Å². The minimum atomic E-state index is -0.411. The zero-order valence-electron chi connectivity index (χ0n) is 14.3. The fourth-order valence-electron chi connectivity index (χ4n) is 2.58. The van der Waals surface area contributed by atoms with Crippen LogP contribution in [0.15, 0.2) is 42.5 Å². The second kappa shape index (κ2) is 9.19. The zero-order valence-corrected chi connectivity index (χ0v) is 15.8. The lowest BCUT2D eigenvalue weighted by Crippen LogP contribution is -2.33. The molecule has 1 unspecified atom stereocenters. The Hall–Kier alpha value is -2.12. The molecule has 0 aromatic heterocycles. The van der Waals surface area contributed by atoms with Crippen LogP contribution in [-0.4, -0.2) is 24.7 Å². The van der Waals surface area contributed by atoms with Crippen LogP contribution in [0, 0.1) is 0 Å². The number of hydrogen-bond donors (Lipinski definition) is 2.